The Morgan fingerprint density at radius 1 is 1.21 bits per heavy atom. The Hall–Kier alpha value is -3.26. The highest BCUT2D eigenvalue weighted by atomic mass is 32.1. The van der Waals surface area contributed by atoms with Gasteiger partial charge in [-0.25, -0.2) is 0 Å². The lowest BCUT2D eigenvalue weighted by molar-refractivity contribution is -0.114. The predicted octanol–water partition coefficient (Wildman–Crippen LogP) is 3.19. The summed E-state index contributed by atoms with van der Waals surface area (Å²) < 4.78 is 5.95. The number of hydrogen-bond acceptors (Lipinski definition) is 7. The van der Waals surface area contributed by atoms with E-state index >= 15 is 0 Å². The molecule has 0 atom stereocenters. The van der Waals surface area contributed by atoms with Crippen molar-refractivity contribution in [2.75, 3.05) is 14.2 Å². The fraction of sp³-hybridized carbons (Fsp3) is 0.200. The number of aromatic nitrogens is 2. The lowest BCUT2D eigenvalue weighted by Gasteiger charge is -2.11. The van der Waals surface area contributed by atoms with Crippen molar-refractivity contribution in [1.29, 1.82) is 0 Å². The van der Waals surface area contributed by atoms with E-state index < -0.39 is 0 Å². The SMILES string of the molecule is CNC(=O)C(=NOC)c1ccccc1COc1nc(-c2ccccn2)sc1C. The van der Waals surface area contributed by atoms with Crippen molar-refractivity contribution in [2.24, 2.45) is 5.16 Å². The summed E-state index contributed by atoms with van der Waals surface area (Å²) in [5.74, 6) is 0.210. The third-order valence-corrected chi connectivity index (χ3v) is 4.87. The van der Waals surface area contributed by atoms with Crippen LogP contribution in [-0.4, -0.2) is 35.7 Å². The number of pyridine rings is 1. The molecule has 1 N–H and O–H groups in total. The summed E-state index contributed by atoms with van der Waals surface area (Å²) >= 11 is 1.52. The minimum absolute atomic E-state index is 0.188. The van der Waals surface area contributed by atoms with E-state index in [0.29, 0.717) is 11.4 Å². The van der Waals surface area contributed by atoms with Crippen LogP contribution < -0.4 is 10.1 Å². The number of carbonyl (C=O) groups excluding carboxylic acids is 1. The van der Waals surface area contributed by atoms with Crippen LogP contribution in [0.4, 0.5) is 0 Å². The van der Waals surface area contributed by atoms with Crippen LogP contribution in [0.5, 0.6) is 5.88 Å². The Morgan fingerprint density at radius 2 is 2.00 bits per heavy atom. The van der Waals surface area contributed by atoms with Crippen molar-refractivity contribution in [2.45, 2.75) is 13.5 Å². The highest BCUT2D eigenvalue weighted by molar-refractivity contribution is 7.15. The van der Waals surface area contributed by atoms with E-state index in [2.05, 4.69) is 20.4 Å². The monoisotopic (exact) mass is 396 g/mol. The highest BCUT2D eigenvalue weighted by Crippen LogP contribution is 2.31. The maximum atomic E-state index is 12.2. The Balaban J connectivity index is 1.84. The first-order chi connectivity index (χ1) is 13.6. The second-order valence-corrected chi connectivity index (χ2v) is 6.95. The standard InChI is InChI=1S/C20H20N4O3S/c1-13-19(23-20(28-13)16-10-6-7-11-22-16)27-12-14-8-4-5-9-15(14)17(24-26-3)18(25)21-2/h4-11H,12H2,1-3H3,(H,21,25). The summed E-state index contributed by atoms with van der Waals surface area (Å²) in [6.07, 6.45) is 1.73. The summed E-state index contributed by atoms with van der Waals surface area (Å²) in [4.78, 5) is 26.8. The van der Waals surface area contributed by atoms with Gasteiger partial charge in [0.25, 0.3) is 5.91 Å². The quantitative estimate of drug-likeness (QED) is 0.490. The molecule has 0 aliphatic rings. The van der Waals surface area contributed by atoms with E-state index in [1.807, 2.05) is 43.3 Å². The lowest BCUT2D eigenvalue weighted by Crippen LogP contribution is -2.29. The number of oxime groups is 1. The van der Waals surface area contributed by atoms with Crippen molar-refractivity contribution in [3.63, 3.8) is 0 Å². The van der Waals surface area contributed by atoms with Gasteiger partial charge in [-0.1, -0.05) is 35.5 Å². The molecule has 3 aromatic rings. The van der Waals surface area contributed by atoms with Crippen molar-refractivity contribution >= 4 is 23.0 Å². The van der Waals surface area contributed by atoms with Gasteiger partial charge in [0.15, 0.2) is 5.71 Å². The zero-order chi connectivity index (χ0) is 19.9. The van der Waals surface area contributed by atoms with Gasteiger partial charge in [-0.05, 0) is 24.6 Å². The van der Waals surface area contributed by atoms with E-state index in [0.717, 1.165) is 21.1 Å². The molecule has 1 amide bonds. The van der Waals surface area contributed by atoms with Gasteiger partial charge in [-0.2, -0.15) is 4.98 Å². The third kappa shape index (κ3) is 4.34. The Morgan fingerprint density at radius 3 is 2.71 bits per heavy atom. The molecule has 3 rings (SSSR count). The Labute approximate surface area is 167 Å². The number of carbonyl (C=O) groups is 1. The maximum absolute atomic E-state index is 12.2. The van der Waals surface area contributed by atoms with Gasteiger partial charge in [-0.3, -0.25) is 9.78 Å². The number of thiazole rings is 1. The fourth-order valence-electron chi connectivity index (χ4n) is 2.56. The molecule has 144 valence electrons. The van der Waals surface area contributed by atoms with Gasteiger partial charge < -0.3 is 14.9 Å². The molecule has 2 aromatic heterocycles. The lowest BCUT2D eigenvalue weighted by atomic mass is 10.0. The molecular weight excluding hydrogens is 376 g/mol. The molecular formula is C20H20N4O3S. The van der Waals surface area contributed by atoms with Gasteiger partial charge in [0.1, 0.15) is 18.7 Å². The topological polar surface area (TPSA) is 85.7 Å². The maximum Gasteiger partial charge on any atom is 0.273 e. The zero-order valence-corrected chi connectivity index (χ0v) is 16.6. The van der Waals surface area contributed by atoms with Crippen molar-refractivity contribution in [1.82, 2.24) is 15.3 Å². The third-order valence-electron chi connectivity index (χ3n) is 3.90. The average molecular weight is 396 g/mol. The van der Waals surface area contributed by atoms with Gasteiger partial charge in [0.2, 0.25) is 5.88 Å². The van der Waals surface area contributed by atoms with E-state index in [4.69, 9.17) is 9.57 Å². The van der Waals surface area contributed by atoms with Gasteiger partial charge in [0, 0.05) is 18.8 Å². The number of hydrogen-bond donors (Lipinski definition) is 1. The molecule has 0 aliphatic heterocycles. The van der Waals surface area contributed by atoms with Crippen molar-refractivity contribution in [3.05, 3.63) is 64.7 Å². The average Bonchev–Trinajstić information content (AvgIpc) is 3.11. The molecule has 0 radical (unpaired) electrons. The van der Waals surface area contributed by atoms with Gasteiger partial charge in [-0.15, -0.1) is 11.3 Å². The first-order valence-corrected chi connectivity index (χ1v) is 9.38. The number of benzene rings is 1. The van der Waals surface area contributed by atoms with Gasteiger partial charge >= 0.3 is 0 Å². The zero-order valence-electron chi connectivity index (χ0n) is 15.8. The second-order valence-electron chi connectivity index (χ2n) is 5.74. The number of aryl methyl sites for hydroxylation is 1. The summed E-state index contributed by atoms with van der Waals surface area (Å²) in [5, 5.41) is 7.24. The molecule has 0 unspecified atom stereocenters. The summed E-state index contributed by atoms with van der Waals surface area (Å²) in [6.45, 7) is 2.19. The van der Waals surface area contributed by atoms with Crippen LogP contribution in [-0.2, 0) is 16.2 Å². The first-order valence-electron chi connectivity index (χ1n) is 8.57. The van der Waals surface area contributed by atoms with E-state index in [1.165, 1.54) is 18.4 Å². The molecule has 0 saturated carbocycles. The summed E-state index contributed by atoms with van der Waals surface area (Å²) in [5.41, 5.74) is 2.43. The summed E-state index contributed by atoms with van der Waals surface area (Å²) in [7, 11) is 2.95. The van der Waals surface area contributed by atoms with Crippen molar-refractivity contribution in [3.8, 4) is 16.6 Å². The van der Waals surface area contributed by atoms with Crippen molar-refractivity contribution < 1.29 is 14.4 Å². The molecule has 0 aliphatic carbocycles. The number of nitrogens with one attached hydrogen (secondary N) is 1. The molecule has 0 fully saturated rings. The minimum atomic E-state index is -0.337. The Kier molecular flexibility index (Phi) is 6.33. The fourth-order valence-corrected chi connectivity index (χ4v) is 3.40. The van der Waals surface area contributed by atoms with Crippen LogP contribution in [0.2, 0.25) is 0 Å². The second kappa shape index (κ2) is 9.09. The molecule has 0 spiro atoms. The summed E-state index contributed by atoms with van der Waals surface area (Å²) in [6, 6.07) is 13.1. The molecule has 28 heavy (non-hydrogen) atoms. The minimum Gasteiger partial charge on any atom is -0.472 e. The van der Waals surface area contributed by atoms with E-state index in [9.17, 15) is 4.79 Å². The number of amides is 1. The molecule has 0 saturated heterocycles. The van der Waals surface area contributed by atoms with Crippen LogP contribution in [0.15, 0.2) is 53.8 Å². The Bertz CT molecular complexity index is 986. The molecule has 8 heteroatoms. The molecule has 1 aromatic carbocycles. The predicted molar refractivity (Wildman–Crippen MR) is 108 cm³/mol. The number of rotatable bonds is 7. The van der Waals surface area contributed by atoms with Gasteiger partial charge in [0.05, 0.1) is 10.6 Å². The van der Waals surface area contributed by atoms with Crippen LogP contribution in [0.1, 0.15) is 16.0 Å². The van der Waals surface area contributed by atoms with Crippen LogP contribution in [0.3, 0.4) is 0 Å². The largest absolute Gasteiger partial charge is 0.472 e. The normalized spacial score (nSPS) is 11.2. The smallest absolute Gasteiger partial charge is 0.273 e. The number of ether oxygens (including phenoxy) is 1. The van der Waals surface area contributed by atoms with Crippen LogP contribution >= 0.6 is 11.3 Å². The number of likely N-dealkylation sites (N-methyl/N-ethyl adjacent to an activating group) is 1. The number of nitrogens with zero attached hydrogens (tertiary/aromatic N) is 3. The molecule has 2 heterocycles. The van der Waals surface area contributed by atoms with E-state index in [-0.39, 0.29) is 18.2 Å². The first kappa shape index (κ1) is 19.5. The molecule has 7 nitrogen and oxygen atoms in total. The molecule has 0 bridgehead atoms. The highest BCUT2D eigenvalue weighted by Gasteiger charge is 2.18. The van der Waals surface area contributed by atoms with E-state index in [1.54, 1.807) is 19.3 Å². The van der Waals surface area contributed by atoms with Crippen LogP contribution in [0, 0.1) is 6.92 Å². The van der Waals surface area contributed by atoms with Crippen LogP contribution in [0.25, 0.3) is 10.7 Å².